The van der Waals surface area contributed by atoms with Gasteiger partial charge in [-0.05, 0) is 5.56 Å². The molecule has 0 radical (unpaired) electrons. The van der Waals surface area contributed by atoms with E-state index in [9.17, 15) is 14.4 Å². The molecule has 8 nitrogen and oxygen atoms in total. The minimum absolute atomic E-state index is 0.116. The van der Waals surface area contributed by atoms with E-state index in [1.54, 1.807) is 0 Å². The lowest BCUT2D eigenvalue weighted by molar-refractivity contribution is -0.122. The number of amides is 4. The van der Waals surface area contributed by atoms with Gasteiger partial charge in [0.2, 0.25) is 0 Å². The van der Waals surface area contributed by atoms with Crippen LogP contribution < -0.4 is 16.6 Å². The monoisotopic (exact) mass is 280 g/mol. The van der Waals surface area contributed by atoms with Crippen molar-refractivity contribution < 1.29 is 19.1 Å². The van der Waals surface area contributed by atoms with Crippen LogP contribution >= 0.6 is 0 Å². The summed E-state index contributed by atoms with van der Waals surface area (Å²) in [5, 5.41) is 0. The molecule has 108 valence electrons. The molecule has 4 N–H and O–H groups in total. The van der Waals surface area contributed by atoms with Crippen LogP contribution in [0.2, 0.25) is 0 Å². The number of benzene rings is 1. The second-order valence-electron chi connectivity index (χ2n) is 3.93. The van der Waals surface area contributed by atoms with E-state index < -0.39 is 18.0 Å². The van der Waals surface area contributed by atoms with Crippen LogP contribution in [0.15, 0.2) is 30.3 Å². The average Bonchev–Trinajstić information content (AvgIpc) is 2.43. The number of urea groups is 1. The fourth-order valence-corrected chi connectivity index (χ4v) is 1.28. The zero-order valence-corrected chi connectivity index (χ0v) is 11.0. The fraction of sp³-hybridized carbons (Fsp3) is 0.250. The molecule has 1 rings (SSSR count). The van der Waals surface area contributed by atoms with Crippen molar-refractivity contribution >= 4 is 18.0 Å². The Morgan fingerprint density at radius 1 is 1.20 bits per heavy atom. The molecule has 1 aromatic carbocycles. The van der Waals surface area contributed by atoms with Gasteiger partial charge in [-0.15, -0.1) is 0 Å². The van der Waals surface area contributed by atoms with Gasteiger partial charge in [-0.3, -0.25) is 10.2 Å². The molecule has 0 aliphatic rings. The lowest BCUT2D eigenvalue weighted by Gasteiger charge is -2.16. The summed E-state index contributed by atoms with van der Waals surface area (Å²) in [6.45, 7) is -0.154. The van der Waals surface area contributed by atoms with Gasteiger partial charge in [0.1, 0.15) is 13.2 Å². The number of hydrogen-bond acceptors (Lipinski definition) is 4. The summed E-state index contributed by atoms with van der Waals surface area (Å²) in [5.74, 6) is -0.594. The van der Waals surface area contributed by atoms with Crippen molar-refractivity contribution in [3.8, 4) is 0 Å². The molecule has 0 atom stereocenters. The molecule has 0 spiro atoms. The Morgan fingerprint density at radius 3 is 2.45 bits per heavy atom. The molecule has 4 amide bonds. The molecule has 0 unspecified atom stereocenters. The number of nitrogens with one attached hydrogen (secondary N) is 2. The highest BCUT2D eigenvalue weighted by Gasteiger charge is 2.14. The Balaban J connectivity index is 2.32. The highest BCUT2D eigenvalue weighted by Crippen LogP contribution is 2.02. The standard InChI is InChI=1S/C12H16N4O4/c1-16(7-10(17)14-15-11(13)18)12(19)20-8-9-5-3-2-4-6-9/h2-6H,7-8H2,1H3,(H,14,17)(H3,13,15,18). The summed E-state index contributed by atoms with van der Waals surface area (Å²) in [4.78, 5) is 34.4. The highest BCUT2D eigenvalue weighted by molar-refractivity contribution is 5.84. The first kappa shape index (κ1) is 15.3. The number of carbonyl (C=O) groups excluding carboxylic acids is 3. The van der Waals surface area contributed by atoms with Gasteiger partial charge in [0.25, 0.3) is 5.91 Å². The van der Waals surface area contributed by atoms with Crippen LogP contribution in [0.3, 0.4) is 0 Å². The van der Waals surface area contributed by atoms with E-state index in [0.717, 1.165) is 10.5 Å². The van der Waals surface area contributed by atoms with Gasteiger partial charge in [-0.1, -0.05) is 30.3 Å². The van der Waals surface area contributed by atoms with Crippen molar-refractivity contribution in [1.29, 1.82) is 0 Å². The Kier molecular flexibility index (Phi) is 5.82. The summed E-state index contributed by atoms with van der Waals surface area (Å²) >= 11 is 0. The van der Waals surface area contributed by atoms with E-state index in [2.05, 4.69) is 0 Å². The van der Waals surface area contributed by atoms with Crippen LogP contribution in [-0.4, -0.2) is 36.5 Å². The average molecular weight is 280 g/mol. The van der Waals surface area contributed by atoms with Crippen molar-refractivity contribution in [3.05, 3.63) is 35.9 Å². The Labute approximate surface area is 115 Å². The highest BCUT2D eigenvalue weighted by atomic mass is 16.6. The zero-order valence-electron chi connectivity index (χ0n) is 11.0. The number of nitrogens with zero attached hydrogens (tertiary/aromatic N) is 1. The van der Waals surface area contributed by atoms with E-state index in [-0.39, 0.29) is 13.2 Å². The van der Waals surface area contributed by atoms with Gasteiger partial charge < -0.3 is 15.4 Å². The summed E-state index contributed by atoms with van der Waals surface area (Å²) in [7, 11) is 1.40. The Hall–Kier alpha value is -2.77. The molecule has 1 aromatic rings. The molecule has 0 fully saturated rings. The third-order valence-corrected chi connectivity index (χ3v) is 2.22. The first-order valence-electron chi connectivity index (χ1n) is 5.75. The predicted octanol–water partition coefficient (Wildman–Crippen LogP) is -0.0455. The quantitative estimate of drug-likeness (QED) is 0.671. The first-order valence-corrected chi connectivity index (χ1v) is 5.75. The Morgan fingerprint density at radius 2 is 1.85 bits per heavy atom. The van der Waals surface area contributed by atoms with E-state index in [1.807, 2.05) is 41.2 Å². The molecular weight excluding hydrogens is 264 g/mol. The predicted molar refractivity (Wildman–Crippen MR) is 70.1 cm³/mol. The molecule has 0 saturated heterocycles. The van der Waals surface area contributed by atoms with E-state index in [4.69, 9.17) is 10.5 Å². The minimum Gasteiger partial charge on any atom is -0.445 e. The molecule has 20 heavy (non-hydrogen) atoms. The zero-order chi connectivity index (χ0) is 15.0. The summed E-state index contributed by atoms with van der Waals surface area (Å²) in [6.07, 6.45) is -0.650. The van der Waals surface area contributed by atoms with Crippen molar-refractivity contribution in [2.45, 2.75) is 6.61 Å². The van der Waals surface area contributed by atoms with Gasteiger partial charge >= 0.3 is 12.1 Å². The van der Waals surface area contributed by atoms with Crippen molar-refractivity contribution in [2.75, 3.05) is 13.6 Å². The molecule has 0 heterocycles. The van der Waals surface area contributed by atoms with Gasteiger partial charge in [-0.2, -0.15) is 0 Å². The van der Waals surface area contributed by atoms with Crippen LogP contribution in [0.4, 0.5) is 9.59 Å². The van der Waals surface area contributed by atoms with Crippen LogP contribution in [0, 0.1) is 0 Å². The van der Waals surface area contributed by atoms with Crippen molar-refractivity contribution in [1.82, 2.24) is 15.8 Å². The molecule has 8 heteroatoms. The minimum atomic E-state index is -0.896. The Bertz CT molecular complexity index is 478. The third-order valence-electron chi connectivity index (χ3n) is 2.22. The second-order valence-corrected chi connectivity index (χ2v) is 3.93. The number of carbonyl (C=O) groups is 3. The summed E-state index contributed by atoms with van der Waals surface area (Å²) in [5.41, 5.74) is 9.55. The normalized spacial score (nSPS) is 9.45. The topological polar surface area (TPSA) is 114 Å². The second kappa shape index (κ2) is 7.62. The fourth-order valence-electron chi connectivity index (χ4n) is 1.28. The van der Waals surface area contributed by atoms with Crippen molar-refractivity contribution in [3.63, 3.8) is 0 Å². The van der Waals surface area contributed by atoms with Gasteiger partial charge in [0.05, 0.1) is 0 Å². The lowest BCUT2D eigenvalue weighted by atomic mass is 10.2. The van der Waals surface area contributed by atoms with Crippen LogP contribution in [-0.2, 0) is 16.1 Å². The molecule has 0 bridgehead atoms. The van der Waals surface area contributed by atoms with Crippen LogP contribution in [0.25, 0.3) is 0 Å². The number of hydrazine groups is 1. The van der Waals surface area contributed by atoms with E-state index >= 15 is 0 Å². The van der Waals surface area contributed by atoms with E-state index in [0.29, 0.717) is 0 Å². The van der Waals surface area contributed by atoms with E-state index in [1.165, 1.54) is 7.05 Å². The molecule has 0 aliphatic heterocycles. The van der Waals surface area contributed by atoms with Crippen molar-refractivity contribution in [2.24, 2.45) is 5.73 Å². The number of ether oxygens (including phenoxy) is 1. The number of likely N-dealkylation sites (N-methyl/N-ethyl adjacent to an activating group) is 1. The molecular formula is C12H16N4O4. The van der Waals surface area contributed by atoms with Gasteiger partial charge in [0.15, 0.2) is 0 Å². The maximum absolute atomic E-state index is 11.6. The number of hydrogen-bond donors (Lipinski definition) is 3. The summed E-state index contributed by atoms with van der Waals surface area (Å²) < 4.78 is 5.01. The van der Waals surface area contributed by atoms with Crippen LogP contribution in [0.5, 0.6) is 0 Å². The van der Waals surface area contributed by atoms with Gasteiger partial charge in [-0.25, -0.2) is 15.0 Å². The number of rotatable bonds is 4. The maximum Gasteiger partial charge on any atom is 0.410 e. The smallest absolute Gasteiger partial charge is 0.410 e. The first-order chi connectivity index (χ1) is 9.49. The maximum atomic E-state index is 11.6. The molecule has 0 saturated carbocycles. The molecule has 0 aromatic heterocycles. The largest absolute Gasteiger partial charge is 0.445 e. The molecule has 0 aliphatic carbocycles. The number of primary amides is 1. The van der Waals surface area contributed by atoms with Crippen LogP contribution in [0.1, 0.15) is 5.56 Å². The van der Waals surface area contributed by atoms with Gasteiger partial charge in [0, 0.05) is 7.05 Å². The third kappa shape index (κ3) is 5.71. The SMILES string of the molecule is CN(CC(=O)NNC(N)=O)C(=O)OCc1ccccc1. The lowest BCUT2D eigenvalue weighted by Crippen LogP contribution is -2.48. The number of nitrogens with two attached hydrogens (primary N) is 1. The summed E-state index contributed by atoms with van der Waals surface area (Å²) in [6, 6.07) is 8.25.